The maximum atomic E-state index is 12.0. The Hall–Kier alpha value is -1.08. The van der Waals surface area contributed by atoms with Crippen molar-refractivity contribution in [1.82, 2.24) is 14.6 Å². The molecule has 3 rings (SSSR count). The molecule has 1 aliphatic rings. The van der Waals surface area contributed by atoms with Gasteiger partial charge in [0.15, 0.2) is 0 Å². The fourth-order valence-electron chi connectivity index (χ4n) is 2.35. The van der Waals surface area contributed by atoms with Gasteiger partial charge in [-0.25, -0.2) is 4.98 Å². The number of aromatic nitrogens is 3. The molecule has 7 heteroatoms. The Morgan fingerprint density at radius 2 is 2.25 bits per heavy atom. The molecular weight excluding hydrogens is 292 g/mol. The molecule has 0 spiro atoms. The lowest BCUT2D eigenvalue weighted by Crippen LogP contribution is -2.44. The van der Waals surface area contributed by atoms with Crippen LogP contribution < -0.4 is 10.5 Å². The SMILES string of the molecule is CCc1cc(=O)n2nc(N3CCSC(C)C3C)sc2n1. The molecule has 0 N–H and O–H groups in total. The van der Waals surface area contributed by atoms with Crippen LogP contribution in [0.2, 0.25) is 0 Å². The van der Waals surface area contributed by atoms with Crippen molar-refractivity contribution in [2.75, 3.05) is 17.2 Å². The predicted octanol–water partition coefficient (Wildman–Crippen LogP) is 2.04. The quantitative estimate of drug-likeness (QED) is 0.849. The van der Waals surface area contributed by atoms with Crippen LogP contribution in [-0.2, 0) is 6.42 Å². The fourth-order valence-corrected chi connectivity index (χ4v) is 4.49. The van der Waals surface area contributed by atoms with Crippen molar-refractivity contribution in [2.45, 2.75) is 38.5 Å². The first-order chi connectivity index (χ1) is 9.60. The highest BCUT2D eigenvalue weighted by Crippen LogP contribution is 2.31. The summed E-state index contributed by atoms with van der Waals surface area (Å²) in [6.07, 6.45) is 0.771. The molecule has 0 bridgehead atoms. The van der Waals surface area contributed by atoms with Gasteiger partial charge in [0, 0.05) is 35.3 Å². The summed E-state index contributed by atoms with van der Waals surface area (Å²) in [6.45, 7) is 7.45. The second-order valence-electron chi connectivity index (χ2n) is 5.03. The largest absolute Gasteiger partial charge is 0.342 e. The van der Waals surface area contributed by atoms with Crippen LogP contribution in [0.1, 0.15) is 26.5 Å². The molecule has 1 fully saturated rings. The zero-order chi connectivity index (χ0) is 14.3. The molecule has 0 amide bonds. The van der Waals surface area contributed by atoms with Crippen LogP contribution >= 0.6 is 23.1 Å². The van der Waals surface area contributed by atoms with Crippen LogP contribution in [0.4, 0.5) is 5.13 Å². The van der Waals surface area contributed by atoms with Gasteiger partial charge >= 0.3 is 0 Å². The molecule has 1 saturated heterocycles. The average molecular weight is 310 g/mol. The maximum absolute atomic E-state index is 12.0. The molecule has 2 aromatic rings. The molecule has 0 aliphatic carbocycles. The van der Waals surface area contributed by atoms with E-state index in [0.717, 1.165) is 29.5 Å². The van der Waals surface area contributed by atoms with Crippen molar-refractivity contribution in [3.8, 4) is 0 Å². The van der Waals surface area contributed by atoms with Gasteiger partial charge in [0.1, 0.15) is 0 Å². The molecular formula is C13H18N4OS2. The number of hydrogen-bond acceptors (Lipinski definition) is 6. The van der Waals surface area contributed by atoms with Crippen LogP contribution in [0, 0.1) is 0 Å². The first kappa shape index (κ1) is 13.9. The summed E-state index contributed by atoms with van der Waals surface area (Å²) >= 11 is 3.50. The highest BCUT2D eigenvalue weighted by molar-refractivity contribution is 8.00. The molecule has 2 aromatic heterocycles. The minimum Gasteiger partial charge on any atom is -0.342 e. The Kier molecular flexibility index (Phi) is 3.72. The minimum absolute atomic E-state index is 0.0820. The summed E-state index contributed by atoms with van der Waals surface area (Å²) in [5.74, 6) is 1.10. The molecule has 108 valence electrons. The fraction of sp³-hybridized carbons (Fsp3) is 0.615. The van der Waals surface area contributed by atoms with E-state index in [0.29, 0.717) is 16.3 Å². The summed E-state index contributed by atoms with van der Waals surface area (Å²) in [7, 11) is 0. The zero-order valence-corrected chi connectivity index (χ0v) is 13.5. The topological polar surface area (TPSA) is 50.5 Å². The van der Waals surface area contributed by atoms with Crippen molar-refractivity contribution in [3.63, 3.8) is 0 Å². The number of aryl methyl sites for hydroxylation is 1. The monoisotopic (exact) mass is 310 g/mol. The molecule has 0 aromatic carbocycles. The predicted molar refractivity (Wildman–Crippen MR) is 85.2 cm³/mol. The molecule has 2 atom stereocenters. The number of thioether (sulfide) groups is 1. The lowest BCUT2D eigenvalue weighted by molar-refractivity contribution is 0.620. The average Bonchev–Trinajstić information content (AvgIpc) is 2.86. The van der Waals surface area contributed by atoms with Gasteiger partial charge in [-0.15, -0.1) is 5.10 Å². The van der Waals surface area contributed by atoms with Gasteiger partial charge in [0.25, 0.3) is 5.56 Å². The van der Waals surface area contributed by atoms with Gasteiger partial charge in [-0.2, -0.15) is 16.3 Å². The highest BCUT2D eigenvalue weighted by Gasteiger charge is 2.28. The van der Waals surface area contributed by atoms with Crippen LogP contribution in [0.5, 0.6) is 0 Å². The molecule has 5 nitrogen and oxygen atoms in total. The zero-order valence-electron chi connectivity index (χ0n) is 11.9. The third kappa shape index (κ3) is 2.33. The summed E-state index contributed by atoms with van der Waals surface area (Å²) < 4.78 is 1.43. The van der Waals surface area contributed by atoms with E-state index < -0.39 is 0 Å². The van der Waals surface area contributed by atoms with Gasteiger partial charge < -0.3 is 4.90 Å². The second-order valence-corrected chi connectivity index (χ2v) is 7.45. The van der Waals surface area contributed by atoms with E-state index in [4.69, 9.17) is 0 Å². The minimum atomic E-state index is -0.0820. The number of rotatable bonds is 2. The number of nitrogens with zero attached hydrogens (tertiary/aromatic N) is 4. The van der Waals surface area contributed by atoms with Crippen molar-refractivity contribution in [1.29, 1.82) is 0 Å². The summed E-state index contributed by atoms with van der Waals surface area (Å²) in [5, 5.41) is 5.95. The highest BCUT2D eigenvalue weighted by atomic mass is 32.2. The van der Waals surface area contributed by atoms with Crippen LogP contribution in [-0.4, -0.2) is 38.2 Å². The second kappa shape index (κ2) is 5.37. The van der Waals surface area contributed by atoms with Gasteiger partial charge in [0.05, 0.1) is 0 Å². The normalized spacial score (nSPS) is 23.4. The van der Waals surface area contributed by atoms with E-state index in [-0.39, 0.29) is 5.56 Å². The summed E-state index contributed by atoms with van der Waals surface area (Å²) in [6, 6.07) is 2.00. The van der Waals surface area contributed by atoms with Crippen LogP contribution in [0.3, 0.4) is 0 Å². The van der Waals surface area contributed by atoms with E-state index >= 15 is 0 Å². The lowest BCUT2D eigenvalue weighted by Gasteiger charge is -2.36. The van der Waals surface area contributed by atoms with E-state index in [1.165, 1.54) is 15.9 Å². The lowest BCUT2D eigenvalue weighted by atomic mass is 10.2. The van der Waals surface area contributed by atoms with Gasteiger partial charge in [-0.05, 0) is 13.3 Å². The smallest absolute Gasteiger partial charge is 0.275 e. The molecule has 20 heavy (non-hydrogen) atoms. The van der Waals surface area contributed by atoms with E-state index in [1.807, 2.05) is 18.7 Å². The summed E-state index contributed by atoms with van der Waals surface area (Å²) in [4.78, 5) is 19.5. The number of anilines is 1. The van der Waals surface area contributed by atoms with E-state index in [2.05, 4.69) is 28.8 Å². The van der Waals surface area contributed by atoms with E-state index in [1.54, 1.807) is 6.07 Å². The summed E-state index contributed by atoms with van der Waals surface area (Å²) in [5.41, 5.74) is 0.752. The van der Waals surface area contributed by atoms with Gasteiger partial charge in [-0.1, -0.05) is 25.2 Å². The molecule has 2 unspecified atom stereocenters. The Morgan fingerprint density at radius 1 is 1.45 bits per heavy atom. The van der Waals surface area contributed by atoms with Crippen molar-refractivity contribution >= 4 is 33.2 Å². The molecule has 1 aliphatic heterocycles. The van der Waals surface area contributed by atoms with Gasteiger partial charge in [0.2, 0.25) is 10.1 Å². The Morgan fingerprint density at radius 3 is 3.00 bits per heavy atom. The van der Waals surface area contributed by atoms with Gasteiger partial charge in [-0.3, -0.25) is 4.79 Å². The Bertz CT molecular complexity index is 681. The first-order valence-electron chi connectivity index (χ1n) is 6.88. The third-order valence-corrected chi connectivity index (χ3v) is 6.06. The van der Waals surface area contributed by atoms with Crippen molar-refractivity contribution < 1.29 is 0 Å². The molecule has 0 saturated carbocycles. The molecule has 3 heterocycles. The third-order valence-electron chi connectivity index (χ3n) is 3.78. The molecule has 0 radical (unpaired) electrons. The number of hydrogen-bond donors (Lipinski definition) is 0. The Labute approximate surface area is 126 Å². The van der Waals surface area contributed by atoms with Crippen LogP contribution in [0.25, 0.3) is 4.96 Å². The standard InChI is InChI=1S/C13H18N4OS2/c1-4-10-7-11(18)17-12(14-10)20-13(15-17)16-5-6-19-9(3)8(16)2/h7-9H,4-6H2,1-3H3. The van der Waals surface area contributed by atoms with Crippen LogP contribution in [0.15, 0.2) is 10.9 Å². The maximum Gasteiger partial charge on any atom is 0.275 e. The number of fused-ring (bicyclic) bond motifs is 1. The van der Waals surface area contributed by atoms with E-state index in [9.17, 15) is 4.79 Å². The Balaban J connectivity index is 2.04. The van der Waals surface area contributed by atoms with Crippen molar-refractivity contribution in [2.24, 2.45) is 0 Å². The first-order valence-corrected chi connectivity index (χ1v) is 8.74. The van der Waals surface area contributed by atoms with Crippen molar-refractivity contribution in [3.05, 3.63) is 22.1 Å².